The van der Waals surface area contributed by atoms with Crippen LogP contribution in [0, 0.1) is 0 Å². The van der Waals surface area contributed by atoms with Gasteiger partial charge in [-0.05, 0) is 56.2 Å². The standard InChI is InChI=1S/C23H27N3O4S2/c1-25(12-15-6-4-10-29-15)19(27)14-31-23-24-21-20(17-8-2-3-9-18(17)32-21)22(28)26(23)13-16-7-5-11-30-16/h4,6,10,16H,2-3,5,7-9,11-14H2,1H3. The highest BCUT2D eigenvalue weighted by Crippen LogP contribution is 2.35. The number of thioether (sulfide) groups is 1. The van der Waals surface area contributed by atoms with Crippen LogP contribution in [0.1, 0.15) is 41.9 Å². The van der Waals surface area contributed by atoms with Gasteiger partial charge in [0.15, 0.2) is 5.16 Å². The molecule has 170 valence electrons. The van der Waals surface area contributed by atoms with Crippen LogP contribution in [-0.4, -0.2) is 45.9 Å². The monoisotopic (exact) mass is 473 g/mol. The van der Waals surface area contributed by atoms with Gasteiger partial charge in [0.1, 0.15) is 10.6 Å². The zero-order valence-corrected chi connectivity index (χ0v) is 19.8. The topological polar surface area (TPSA) is 77.6 Å². The van der Waals surface area contributed by atoms with Gasteiger partial charge < -0.3 is 14.1 Å². The molecule has 1 unspecified atom stereocenters. The lowest BCUT2D eigenvalue weighted by molar-refractivity contribution is -0.127. The molecule has 0 saturated carbocycles. The molecule has 0 radical (unpaired) electrons. The fourth-order valence-electron chi connectivity index (χ4n) is 4.44. The molecular weight excluding hydrogens is 446 g/mol. The van der Waals surface area contributed by atoms with Gasteiger partial charge in [0, 0.05) is 18.5 Å². The third kappa shape index (κ3) is 4.38. The number of carbonyl (C=O) groups excluding carboxylic acids is 1. The third-order valence-electron chi connectivity index (χ3n) is 6.17. The number of furan rings is 1. The Kier molecular flexibility index (Phi) is 6.39. The number of thiophene rings is 1. The summed E-state index contributed by atoms with van der Waals surface area (Å²) < 4.78 is 12.9. The number of carbonyl (C=O) groups is 1. The van der Waals surface area contributed by atoms with Crippen molar-refractivity contribution in [2.45, 2.75) is 62.9 Å². The number of rotatable bonds is 7. The number of nitrogens with zero attached hydrogens (tertiary/aromatic N) is 3. The summed E-state index contributed by atoms with van der Waals surface area (Å²) in [5.74, 6) is 0.922. The molecule has 0 bridgehead atoms. The summed E-state index contributed by atoms with van der Waals surface area (Å²) in [5, 5.41) is 1.39. The molecule has 0 aromatic carbocycles. The summed E-state index contributed by atoms with van der Waals surface area (Å²) in [6, 6.07) is 3.66. The summed E-state index contributed by atoms with van der Waals surface area (Å²) in [6.45, 7) is 1.64. The van der Waals surface area contributed by atoms with E-state index in [-0.39, 0.29) is 23.3 Å². The van der Waals surface area contributed by atoms with Crippen LogP contribution in [0.5, 0.6) is 0 Å². The van der Waals surface area contributed by atoms with Gasteiger partial charge in [0.25, 0.3) is 5.56 Å². The molecule has 1 aliphatic carbocycles. The van der Waals surface area contributed by atoms with E-state index in [0.29, 0.717) is 18.2 Å². The van der Waals surface area contributed by atoms with E-state index in [1.807, 2.05) is 12.1 Å². The third-order valence-corrected chi connectivity index (χ3v) is 8.32. The van der Waals surface area contributed by atoms with Gasteiger partial charge in [-0.25, -0.2) is 4.98 Å². The van der Waals surface area contributed by atoms with E-state index in [9.17, 15) is 9.59 Å². The van der Waals surface area contributed by atoms with Crippen molar-refractivity contribution in [1.29, 1.82) is 0 Å². The van der Waals surface area contributed by atoms with E-state index in [0.717, 1.165) is 54.7 Å². The molecule has 7 nitrogen and oxygen atoms in total. The van der Waals surface area contributed by atoms with Crippen molar-refractivity contribution >= 4 is 39.2 Å². The predicted octanol–water partition coefficient (Wildman–Crippen LogP) is 3.86. The first-order valence-corrected chi connectivity index (χ1v) is 13.0. The van der Waals surface area contributed by atoms with Gasteiger partial charge in [-0.2, -0.15) is 0 Å². The van der Waals surface area contributed by atoms with Gasteiger partial charge >= 0.3 is 0 Å². The second-order valence-electron chi connectivity index (χ2n) is 8.45. The lowest BCUT2D eigenvalue weighted by Gasteiger charge is -2.18. The van der Waals surface area contributed by atoms with Crippen LogP contribution in [0.3, 0.4) is 0 Å². The SMILES string of the molecule is CN(Cc1ccco1)C(=O)CSc1nc2sc3c(c2c(=O)n1CC1CCCO1)CCCC3. The molecule has 1 fully saturated rings. The van der Waals surface area contributed by atoms with Gasteiger partial charge in [-0.3, -0.25) is 14.2 Å². The average molecular weight is 474 g/mol. The summed E-state index contributed by atoms with van der Waals surface area (Å²) in [5.41, 5.74) is 1.21. The molecule has 1 saturated heterocycles. The average Bonchev–Trinajstić information content (AvgIpc) is 3.55. The van der Waals surface area contributed by atoms with Crippen LogP contribution in [-0.2, 0) is 35.5 Å². The second kappa shape index (κ2) is 9.41. The van der Waals surface area contributed by atoms with Crippen molar-refractivity contribution in [2.24, 2.45) is 0 Å². The Morgan fingerprint density at radius 3 is 3.00 bits per heavy atom. The van der Waals surface area contributed by atoms with Crippen molar-refractivity contribution in [1.82, 2.24) is 14.5 Å². The van der Waals surface area contributed by atoms with Crippen LogP contribution in [0.4, 0.5) is 0 Å². The lowest BCUT2D eigenvalue weighted by atomic mass is 9.97. The summed E-state index contributed by atoms with van der Waals surface area (Å²) in [7, 11) is 1.76. The number of aromatic nitrogens is 2. The molecule has 0 spiro atoms. The zero-order chi connectivity index (χ0) is 22.1. The van der Waals surface area contributed by atoms with Gasteiger partial charge in [0.05, 0.1) is 36.6 Å². The van der Waals surface area contributed by atoms with E-state index in [1.165, 1.54) is 28.6 Å². The molecule has 3 aromatic rings. The number of fused-ring (bicyclic) bond motifs is 3. The normalized spacial score (nSPS) is 18.2. The molecule has 9 heteroatoms. The van der Waals surface area contributed by atoms with E-state index in [4.69, 9.17) is 14.1 Å². The number of amides is 1. The molecule has 1 amide bonds. The highest BCUT2D eigenvalue weighted by Gasteiger charge is 2.25. The van der Waals surface area contributed by atoms with Crippen molar-refractivity contribution in [3.05, 3.63) is 45.0 Å². The Labute approximate surface area is 194 Å². The van der Waals surface area contributed by atoms with Gasteiger partial charge in [0.2, 0.25) is 5.91 Å². The molecule has 1 aliphatic heterocycles. The molecule has 0 N–H and O–H groups in total. The maximum atomic E-state index is 13.6. The molecular formula is C23H27N3O4S2. The van der Waals surface area contributed by atoms with Crippen molar-refractivity contribution in [2.75, 3.05) is 19.4 Å². The van der Waals surface area contributed by atoms with Gasteiger partial charge in [-0.15, -0.1) is 11.3 Å². The maximum Gasteiger partial charge on any atom is 0.263 e. The van der Waals surface area contributed by atoms with Crippen LogP contribution in [0.15, 0.2) is 32.8 Å². The van der Waals surface area contributed by atoms with Crippen LogP contribution in [0.25, 0.3) is 10.2 Å². The minimum atomic E-state index is -0.0325. The number of aryl methyl sites for hydroxylation is 2. The molecule has 5 rings (SSSR count). The number of hydrogen-bond acceptors (Lipinski definition) is 7. The van der Waals surface area contributed by atoms with Crippen molar-refractivity contribution in [3.8, 4) is 0 Å². The first kappa shape index (κ1) is 21.7. The molecule has 2 aliphatic rings. The van der Waals surface area contributed by atoms with Crippen LogP contribution in [0.2, 0.25) is 0 Å². The summed E-state index contributed by atoms with van der Waals surface area (Å²) >= 11 is 2.98. The number of hydrogen-bond donors (Lipinski definition) is 0. The van der Waals surface area contributed by atoms with Crippen LogP contribution >= 0.6 is 23.1 Å². The minimum Gasteiger partial charge on any atom is -0.467 e. The largest absolute Gasteiger partial charge is 0.467 e. The molecule has 3 aromatic heterocycles. The Morgan fingerprint density at radius 2 is 2.22 bits per heavy atom. The summed E-state index contributed by atoms with van der Waals surface area (Å²) in [4.78, 5) is 35.0. The molecule has 1 atom stereocenters. The highest BCUT2D eigenvalue weighted by atomic mass is 32.2. The van der Waals surface area contributed by atoms with Crippen LogP contribution < -0.4 is 5.56 Å². The Morgan fingerprint density at radius 1 is 1.34 bits per heavy atom. The molecule has 4 heterocycles. The van der Waals surface area contributed by atoms with E-state index < -0.39 is 0 Å². The molecule has 32 heavy (non-hydrogen) atoms. The first-order valence-electron chi connectivity index (χ1n) is 11.2. The first-order chi connectivity index (χ1) is 15.6. The lowest BCUT2D eigenvalue weighted by Crippen LogP contribution is -2.30. The smallest absolute Gasteiger partial charge is 0.263 e. The van der Waals surface area contributed by atoms with Gasteiger partial charge in [-0.1, -0.05) is 11.8 Å². The van der Waals surface area contributed by atoms with Crippen molar-refractivity contribution in [3.63, 3.8) is 0 Å². The van der Waals surface area contributed by atoms with E-state index in [2.05, 4.69) is 0 Å². The van der Waals surface area contributed by atoms with E-state index >= 15 is 0 Å². The fraction of sp³-hybridized carbons (Fsp3) is 0.522. The maximum absolute atomic E-state index is 13.6. The number of ether oxygens (including phenoxy) is 1. The minimum absolute atomic E-state index is 0.0174. The predicted molar refractivity (Wildman–Crippen MR) is 125 cm³/mol. The Hall–Kier alpha value is -2.10. The zero-order valence-electron chi connectivity index (χ0n) is 18.2. The highest BCUT2D eigenvalue weighted by molar-refractivity contribution is 7.99. The quantitative estimate of drug-likeness (QED) is 0.383. The second-order valence-corrected chi connectivity index (χ2v) is 10.5. The fourth-order valence-corrected chi connectivity index (χ4v) is 6.70. The summed E-state index contributed by atoms with van der Waals surface area (Å²) in [6.07, 6.45) is 7.86. The van der Waals surface area contributed by atoms with Crippen molar-refractivity contribution < 1.29 is 13.9 Å². The Bertz CT molecular complexity index is 1160. The Balaban J connectivity index is 1.42. The van der Waals surface area contributed by atoms with E-state index in [1.54, 1.807) is 34.1 Å².